The van der Waals surface area contributed by atoms with Gasteiger partial charge in [-0.25, -0.2) is 4.79 Å². The molecule has 2 atom stereocenters. The average Bonchev–Trinajstić information content (AvgIpc) is 3.03. The number of carbonyl (C=O) groups excluding carboxylic acids is 2. The van der Waals surface area contributed by atoms with E-state index in [-0.39, 0.29) is 24.0 Å². The van der Waals surface area contributed by atoms with Gasteiger partial charge in [-0.3, -0.25) is 9.69 Å². The van der Waals surface area contributed by atoms with Crippen molar-refractivity contribution in [1.29, 1.82) is 0 Å². The average molecular weight is 521 g/mol. The summed E-state index contributed by atoms with van der Waals surface area (Å²) in [6.07, 6.45) is 6.45. The van der Waals surface area contributed by atoms with Crippen molar-refractivity contribution in [2.45, 2.75) is 44.8 Å². The van der Waals surface area contributed by atoms with Crippen molar-refractivity contribution in [3.05, 3.63) is 64.6 Å². The highest BCUT2D eigenvalue weighted by atomic mass is 16.5. The summed E-state index contributed by atoms with van der Waals surface area (Å²) in [6.45, 7) is 6.61. The molecule has 0 aromatic heterocycles. The Balaban J connectivity index is 1.43. The normalized spacial score (nSPS) is 24.6. The summed E-state index contributed by atoms with van der Waals surface area (Å²) >= 11 is 0. The van der Waals surface area contributed by atoms with Crippen LogP contribution in [0.5, 0.6) is 0 Å². The number of hydrogen-bond donors (Lipinski definition) is 0. The summed E-state index contributed by atoms with van der Waals surface area (Å²) in [7, 11) is 7.39. The number of anilines is 1. The fraction of sp³-hybridized carbons (Fsp3) is 0.533. The molecule has 0 bridgehead atoms. The Bertz CT molecular complexity index is 1210. The number of fused-ring (bicyclic) bond motifs is 2. The van der Waals surface area contributed by atoms with Gasteiger partial charge in [0.05, 0.1) is 31.1 Å². The van der Waals surface area contributed by atoms with Crippen LogP contribution in [-0.4, -0.2) is 92.8 Å². The Morgan fingerprint density at radius 1 is 1.18 bits per heavy atom. The Morgan fingerprint density at radius 3 is 2.55 bits per heavy atom. The van der Waals surface area contributed by atoms with Crippen LogP contribution < -0.4 is 4.90 Å². The maximum absolute atomic E-state index is 13.8. The molecule has 2 saturated heterocycles. The van der Waals surface area contributed by atoms with E-state index in [1.165, 1.54) is 5.57 Å². The van der Waals surface area contributed by atoms with Gasteiger partial charge < -0.3 is 24.2 Å². The molecule has 0 saturated carbocycles. The number of hydrogen-bond acceptors (Lipinski definition) is 5. The number of likely N-dealkylation sites (N-methyl/N-ethyl adjacent to an activating group) is 1. The molecule has 2 fully saturated rings. The molecule has 204 valence electrons. The molecule has 1 aliphatic carbocycles. The lowest BCUT2D eigenvalue weighted by molar-refractivity contribution is 0.0575. The van der Waals surface area contributed by atoms with Gasteiger partial charge in [0.2, 0.25) is 0 Å². The quantitative estimate of drug-likeness (QED) is 0.580. The van der Waals surface area contributed by atoms with Crippen LogP contribution in [0.4, 0.5) is 10.5 Å². The summed E-state index contributed by atoms with van der Waals surface area (Å²) in [6, 6.07) is 7.82. The number of urea groups is 1. The minimum Gasteiger partial charge on any atom is -0.501 e. The van der Waals surface area contributed by atoms with Crippen molar-refractivity contribution < 1.29 is 19.1 Å². The number of methoxy groups -OCH3 is 2. The van der Waals surface area contributed by atoms with Gasteiger partial charge in [-0.15, -0.1) is 0 Å². The van der Waals surface area contributed by atoms with Crippen LogP contribution in [0.3, 0.4) is 0 Å². The topological polar surface area (TPSA) is 65.6 Å². The van der Waals surface area contributed by atoms with E-state index < -0.39 is 5.54 Å². The van der Waals surface area contributed by atoms with Crippen molar-refractivity contribution in [2.75, 3.05) is 59.4 Å². The molecule has 1 aromatic rings. The highest BCUT2D eigenvalue weighted by molar-refractivity contribution is 5.95. The molecule has 0 radical (unpaired) electrons. The maximum atomic E-state index is 13.8. The number of rotatable bonds is 5. The number of nitrogens with zero attached hydrogens (tertiary/aromatic N) is 4. The Labute approximate surface area is 226 Å². The van der Waals surface area contributed by atoms with Crippen LogP contribution in [0.25, 0.3) is 0 Å². The lowest BCUT2D eigenvalue weighted by Crippen LogP contribution is -2.54. The minimum absolute atomic E-state index is 0.0464. The largest absolute Gasteiger partial charge is 0.501 e. The summed E-state index contributed by atoms with van der Waals surface area (Å²) in [5.74, 6) is 1.05. The SMILES string of the molecule is CCN1C(=O)N2CC3=C(C(C)C=C2C12CCN(C(=O)c1cccc(N(C)C)c1)CC2)C(OC)CC(OC)=C3. The van der Waals surface area contributed by atoms with Gasteiger partial charge in [0, 0.05) is 70.1 Å². The lowest BCUT2D eigenvalue weighted by atomic mass is 9.80. The predicted octanol–water partition coefficient (Wildman–Crippen LogP) is 4.26. The van der Waals surface area contributed by atoms with E-state index >= 15 is 0 Å². The summed E-state index contributed by atoms with van der Waals surface area (Å²) in [5.41, 5.74) is 4.72. The molecule has 8 heteroatoms. The third-order valence-electron chi connectivity index (χ3n) is 8.76. The summed E-state index contributed by atoms with van der Waals surface area (Å²) in [5, 5.41) is 0. The summed E-state index contributed by atoms with van der Waals surface area (Å²) < 4.78 is 11.5. The van der Waals surface area contributed by atoms with Gasteiger partial charge in [-0.1, -0.05) is 19.1 Å². The van der Waals surface area contributed by atoms with E-state index in [4.69, 9.17) is 9.47 Å². The second kappa shape index (κ2) is 10.1. The molecule has 8 nitrogen and oxygen atoms in total. The maximum Gasteiger partial charge on any atom is 0.325 e. The van der Waals surface area contributed by atoms with Crippen molar-refractivity contribution in [3.63, 3.8) is 0 Å². The fourth-order valence-corrected chi connectivity index (χ4v) is 6.77. The Kier molecular flexibility index (Phi) is 7.03. The standard InChI is InChI=1S/C30H40N4O4/c1-7-34-29(36)33-19-22-17-24(37-5)18-25(38-6)27(22)20(2)15-26(33)30(34)11-13-32(14-12-30)28(35)21-9-8-10-23(16-21)31(3)4/h8-10,15-17,20,25H,7,11-14,18-19H2,1-6H3. The first kappa shape index (κ1) is 26.4. The third kappa shape index (κ3) is 4.19. The smallest absolute Gasteiger partial charge is 0.325 e. The van der Waals surface area contributed by atoms with Crippen LogP contribution >= 0.6 is 0 Å². The van der Waals surface area contributed by atoms with Gasteiger partial charge in [0.15, 0.2) is 0 Å². The molecule has 1 aromatic carbocycles. The second-order valence-corrected chi connectivity index (χ2v) is 10.9. The van der Waals surface area contributed by atoms with Gasteiger partial charge in [0.1, 0.15) is 0 Å². The van der Waals surface area contributed by atoms with E-state index in [1.807, 2.05) is 58.0 Å². The van der Waals surface area contributed by atoms with Gasteiger partial charge in [-0.2, -0.15) is 0 Å². The molecule has 5 rings (SSSR count). The molecule has 3 aliphatic heterocycles. The molecular weight excluding hydrogens is 480 g/mol. The monoisotopic (exact) mass is 520 g/mol. The van der Waals surface area contributed by atoms with Crippen molar-refractivity contribution in [2.24, 2.45) is 5.92 Å². The zero-order chi connectivity index (χ0) is 27.2. The highest BCUT2D eigenvalue weighted by Crippen LogP contribution is 2.47. The number of amides is 3. The van der Waals surface area contributed by atoms with E-state index in [2.05, 4.69) is 26.0 Å². The van der Waals surface area contributed by atoms with Crippen LogP contribution in [-0.2, 0) is 9.47 Å². The van der Waals surface area contributed by atoms with Crippen LogP contribution in [0, 0.1) is 5.92 Å². The first-order valence-corrected chi connectivity index (χ1v) is 13.6. The van der Waals surface area contributed by atoms with Gasteiger partial charge in [-0.05, 0) is 55.2 Å². The Hall–Kier alpha value is -3.26. The third-order valence-corrected chi connectivity index (χ3v) is 8.76. The number of allylic oxidation sites excluding steroid dienone is 1. The molecule has 2 unspecified atom stereocenters. The van der Waals surface area contributed by atoms with Crippen LogP contribution in [0.2, 0.25) is 0 Å². The zero-order valence-electron chi connectivity index (χ0n) is 23.5. The van der Waals surface area contributed by atoms with E-state index in [1.54, 1.807) is 14.2 Å². The summed E-state index contributed by atoms with van der Waals surface area (Å²) in [4.78, 5) is 35.2. The predicted molar refractivity (Wildman–Crippen MR) is 148 cm³/mol. The molecule has 1 spiro atoms. The number of benzene rings is 1. The van der Waals surface area contributed by atoms with Crippen LogP contribution in [0.15, 0.2) is 59.0 Å². The minimum atomic E-state index is -0.409. The second-order valence-electron chi connectivity index (χ2n) is 10.9. The zero-order valence-corrected chi connectivity index (χ0v) is 23.5. The Morgan fingerprint density at radius 2 is 1.92 bits per heavy atom. The lowest BCUT2D eigenvalue weighted by Gasteiger charge is -2.44. The van der Waals surface area contributed by atoms with Crippen molar-refractivity contribution >= 4 is 17.6 Å². The molecule has 3 amide bonds. The number of piperidine rings is 1. The van der Waals surface area contributed by atoms with Gasteiger partial charge >= 0.3 is 6.03 Å². The highest BCUT2D eigenvalue weighted by Gasteiger charge is 2.55. The molecule has 0 N–H and O–H groups in total. The number of ether oxygens (including phenoxy) is 2. The van der Waals surface area contributed by atoms with E-state index in [9.17, 15) is 9.59 Å². The molecule has 3 heterocycles. The van der Waals surface area contributed by atoms with Crippen LogP contribution in [0.1, 0.15) is 43.5 Å². The van der Waals surface area contributed by atoms with Crippen molar-refractivity contribution in [3.8, 4) is 0 Å². The van der Waals surface area contributed by atoms with E-state index in [0.29, 0.717) is 38.2 Å². The van der Waals surface area contributed by atoms with Crippen molar-refractivity contribution in [1.82, 2.24) is 14.7 Å². The van der Waals surface area contributed by atoms with Gasteiger partial charge in [0.25, 0.3) is 5.91 Å². The fourth-order valence-electron chi connectivity index (χ4n) is 6.77. The number of carbonyl (C=O) groups is 2. The molecule has 4 aliphatic rings. The molecule has 38 heavy (non-hydrogen) atoms. The molecular formula is C30H40N4O4. The van der Waals surface area contributed by atoms with E-state index in [0.717, 1.165) is 35.6 Å². The number of likely N-dealkylation sites (tertiary alicyclic amines) is 1. The first-order chi connectivity index (χ1) is 18.2. The first-order valence-electron chi connectivity index (χ1n) is 13.6.